The Bertz CT molecular complexity index is 803. The van der Waals surface area contributed by atoms with Crippen LogP contribution in [-0.4, -0.2) is 51.4 Å². The molecule has 1 saturated carbocycles. The van der Waals surface area contributed by atoms with Crippen molar-refractivity contribution in [3.8, 4) is 0 Å². The van der Waals surface area contributed by atoms with Gasteiger partial charge in [-0.25, -0.2) is 0 Å². The van der Waals surface area contributed by atoms with Gasteiger partial charge in [-0.05, 0) is 43.5 Å². The van der Waals surface area contributed by atoms with Crippen LogP contribution >= 0.6 is 23.4 Å². The molecule has 2 amide bonds. The van der Waals surface area contributed by atoms with Crippen LogP contribution < -0.4 is 10.7 Å². The maximum atomic E-state index is 13.0. The highest BCUT2D eigenvalue weighted by atomic mass is 35.5. The molecule has 0 spiro atoms. The number of nitrogens with one attached hydrogen (secondary N) is 2. The molecule has 1 aromatic rings. The third-order valence-corrected chi connectivity index (χ3v) is 6.89. The number of hydrogen-bond acceptors (Lipinski definition) is 6. The fraction of sp³-hybridized carbons (Fsp3) is 0.550. The van der Waals surface area contributed by atoms with Gasteiger partial charge in [0, 0.05) is 23.3 Å². The zero-order valence-electron chi connectivity index (χ0n) is 16.4. The smallest absolute Gasteiger partial charge is 0.234 e. The minimum absolute atomic E-state index is 0.0279. The lowest BCUT2D eigenvalue weighted by Crippen LogP contribution is -2.67. The number of hydrogen-bond donors (Lipinski definition) is 2. The van der Waals surface area contributed by atoms with Gasteiger partial charge in [0.25, 0.3) is 0 Å². The van der Waals surface area contributed by atoms with Crippen molar-refractivity contribution in [3.05, 3.63) is 29.3 Å². The van der Waals surface area contributed by atoms with Crippen molar-refractivity contribution in [2.24, 2.45) is 11.0 Å². The van der Waals surface area contributed by atoms with E-state index in [9.17, 15) is 9.59 Å². The molecule has 3 atom stereocenters. The Balaban J connectivity index is 1.42. The molecule has 0 radical (unpaired) electrons. The van der Waals surface area contributed by atoms with Gasteiger partial charge in [-0.2, -0.15) is 5.10 Å². The zero-order valence-corrected chi connectivity index (χ0v) is 18.0. The summed E-state index contributed by atoms with van der Waals surface area (Å²) in [5.41, 5.74) is 3.86. The highest BCUT2D eigenvalue weighted by molar-refractivity contribution is 8.14. The van der Waals surface area contributed by atoms with Crippen LogP contribution in [0.2, 0.25) is 5.02 Å². The topological polar surface area (TPSA) is 77.0 Å². The number of halogens is 1. The SMILES string of the molecule is CCCN1C(=O)C2CCCCC2N2C(SCC(=O)Nc3ccc(Cl)cc3)=NNC12. The zero-order chi connectivity index (χ0) is 20.4. The number of carbonyl (C=O) groups excluding carboxylic acids is 2. The molecule has 2 fully saturated rings. The number of amidine groups is 1. The first kappa shape index (κ1) is 20.3. The van der Waals surface area contributed by atoms with Gasteiger partial charge in [0.15, 0.2) is 11.5 Å². The molecule has 1 aliphatic carbocycles. The predicted molar refractivity (Wildman–Crippen MR) is 116 cm³/mol. The van der Waals surface area contributed by atoms with Gasteiger partial charge in [-0.15, -0.1) is 0 Å². The summed E-state index contributed by atoms with van der Waals surface area (Å²) in [5, 5.41) is 8.80. The number of anilines is 1. The van der Waals surface area contributed by atoms with Crippen molar-refractivity contribution in [2.75, 3.05) is 17.6 Å². The van der Waals surface area contributed by atoms with Crippen LogP contribution in [0.15, 0.2) is 29.4 Å². The van der Waals surface area contributed by atoms with Gasteiger partial charge in [0.1, 0.15) is 0 Å². The van der Waals surface area contributed by atoms with Gasteiger partial charge >= 0.3 is 0 Å². The summed E-state index contributed by atoms with van der Waals surface area (Å²) in [5.74, 6) is 0.431. The summed E-state index contributed by atoms with van der Waals surface area (Å²) >= 11 is 7.30. The largest absolute Gasteiger partial charge is 0.325 e. The van der Waals surface area contributed by atoms with Crippen LogP contribution in [0.25, 0.3) is 0 Å². The Morgan fingerprint density at radius 3 is 2.83 bits per heavy atom. The lowest BCUT2D eigenvalue weighted by Gasteiger charge is -2.50. The summed E-state index contributed by atoms with van der Waals surface area (Å²) in [4.78, 5) is 29.6. The number of nitrogens with zero attached hydrogens (tertiary/aromatic N) is 3. The van der Waals surface area contributed by atoms with Crippen LogP contribution in [0.1, 0.15) is 39.0 Å². The Labute approximate surface area is 180 Å². The normalized spacial score (nSPS) is 25.8. The van der Waals surface area contributed by atoms with Gasteiger partial charge < -0.3 is 15.1 Å². The number of benzene rings is 1. The first-order chi connectivity index (χ1) is 14.1. The van der Waals surface area contributed by atoms with Gasteiger partial charge in [0.2, 0.25) is 11.8 Å². The fourth-order valence-electron chi connectivity index (χ4n) is 4.39. The van der Waals surface area contributed by atoms with E-state index in [1.54, 1.807) is 24.3 Å². The molecular formula is C20H26ClN5O2S. The summed E-state index contributed by atoms with van der Waals surface area (Å²) in [6.07, 6.45) is 4.82. The van der Waals surface area contributed by atoms with E-state index in [0.717, 1.165) is 43.0 Å². The molecule has 0 bridgehead atoms. The number of amides is 2. The molecule has 2 heterocycles. The molecule has 2 N–H and O–H groups in total. The second kappa shape index (κ2) is 8.83. The van der Waals surface area contributed by atoms with Crippen molar-refractivity contribution >= 4 is 46.0 Å². The first-order valence-electron chi connectivity index (χ1n) is 10.2. The van der Waals surface area contributed by atoms with Crippen LogP contribution in [0.3, 0.4) is 0 Å². The van der Waals surface area contributed by atoms with E-state index >= 15 is 0 Å². The van der Waals surface area contributed by atoms with E-state index in [-0.39, 0.29) is 35.8 Å². The Kier molecular flexibility index (Phi) is 6.20. The van der Waals surface area contributed by atoms with Gasteiger partial charge in [-0.1, -0.05) is 43.1 Å². The van der Waals surface area contributed by atoms with E-state index < -0.39 is 0 Å². The number of thioether (sulfide) groups is 1. The summed E-state index contributed by atoms with van der Waals surface area (Å²) in [7, 11) is 0. The molecule has 29 heavy (non-hydrogen) atoms. The summed E-state index contributed by atoms with van der Waals surface area (Å²) < 4.78 is 0. The van der Waals surface area contributed by atoms with Gasteiger partial charge in [0.05, 0.1) is 11.7 Å². The monoisotopic (exact) mass is 435 g/mol. The Morgan fingerprint density at radius 2 is 2.07 bits per heavy atom. The number of carbonyl (C=O) groups is 2. The Morgan fingerprint density at radius 1 is 1.31 bits per heavy atom. The van der Waals surface area contributed by atoms with Crippen LogP contribution in [0, 0.1) is 5.92 Å². The van der Waals surface area contributed by atoms with E-state index in [4.69, 9.17) is 11.6 Å². The van der Waals surface area contributed by atoms with Crippen molar-refractivity contribution in [1.82, 2.24) is 15.2 Å². The van der Waals surface area contributed by atoms with E-state index in [0.29, 0.717) is 11.6 Å². The Hall–Kier alpha value is -1.93. The minimum atomic E-state index is -0.233. The summed E-state index contributed by atoms with van der Waals surface area (Å²) in [6.45, 7) is 2.79. The highest BCUT2D eigenvalue weighted by Crippen LogP contribution is 2.38. The molecule has 0 aromatic heterocycles. The number of rotatable bonds is 5. The van der Waals surface area contributed by atoms with Crippen LogP contribution in [0.4, 0.5) is 5.69 Å². The lowest BCUT2D eigenvalue weighted by molar-refractivity contribution is -0.155. The van der Waals surface area contributed by atoms with Crippen molar-refractivity contribution in [1.29, 1.82) is 0 Å². The average Bonchev–Trinajstić information content (AvgIpc) is 3.15. The van der Waals surface area contributed by atoms with Crippen molar-refractivity contribution < 1.29 is 9.59 Å². The molecule has 1 saturated heterocycles. The van der Waals surface area contributed by atoms with Crippen molar-refractivity contribution in [3.63, 3.8) is 0 Å². The maximum absolute atomic E-state index is 13.0. The molecular weight excluding hydrogens is 410 g/mol. The molecule has 4 rings (SSSR count). The molecule has 3 aliphatic rings. The van der Waals surface area contributed by atoms with E-state index in [1.165, 1.54) is 11.8 Å². The fourth-order valence-corrected chi connectivity index (χ4v) is 5.35. The lowest BCUT2D eigenvalue weighted by atomic mass is 9.81. The van der Waals surface area contributed by atoms with Crippen molar-refractivity contribution in [2.45, 2.75) is 51.4 Å². The van der Waals surface area contributed by atoms with Crippen LogP contribution in [-0.2, 0) is 9.59 Å². The molecule has 3 unspecified atom stereocenters. The minimum Gasteiger partial charge on any atom is -0.325 e. The maximum Gasteiger partial charge on any atom is 0.234 e. The molecule has 1 aromatic carbocycles. The highest BCUT2D eigenvalue weighted by Gasteiger charge is 2.50. The molecule has 156 valence electrons. The van der Waals surface area contributed by atoms with E-state index in [2.05, 4.69) is 27.7 Å². The first-order valence-corrected chi connectivity index (χ1v) is 11.5. The summed E-state index contributed by atoms with van der Waals surface area (Å²) in [6, 6.07) is 7.21. The van der Waals surface area contributed by atoms with E-state index in [1.807, 2.05) is 4.90 Å². The molecule has 7 nitrogen and oxygen atoms in total. The third-order valence-electron chi connectivity index (χ3n) is 5.67. The predicted octanol–water partition coefficient (Wildman–Crippen LogP) is 3.28. The standard InChI is InChI=1S/C20H26ClN5O2S/c1-2-11-25-18(28)15-5-3-4-6-16(15)26-19(25)23-24-20(26)29-12-17(27)22-14-9-7-13(21)8-10-14/h7-10,15-16,19,23H,2-6,11-12H2,1H3,(H,22,27). The molecule has 9 heteroatoms. The second-order valence-corrected chi connectivity index (χ2v) is 9.02. The number of fused-ring (bicyclic) bond motifs is 3. The second-order valence-electron chi connectivity index (χ2n) is 7.64. The van der Waals surface area contributed by atoms with Crippen LogP contribution in [0.5, 0.6) is 0 Å². The number of hydrazone groups is 1. The quantitative estimate of drug-likeness (QED) is 0.742. The molecule has 2 aliphatic heterocycles. The average molecular weight is 436 g/mol. The third kappa shape index (κ3) is 4.19. The van der Waals surface area contributed by atoms with Gasteiger partial charge in [-0.3, -0.25) is 15.0 Å².